The van der Waals surface area contributed by atoms with Crippen LogP contribution in [0, 0.1) is 11.8 Å². The molecule has 1 N–H and O–H groups in total. The standard InChI is InChI=1S/C23H32F2NO3.BrH/c1-26(2)19-8-9-20(26)13-16(12-19)15-29-21(27)23(28,17-6-4-3-5-7-17)18-10-11-22(24,25)14-18;/h3-7,16,18-20,28H,8-15H2,1-2H3;1H/q+1;/p-1/t16?,18-,19-,20+,23+;/m1./s1. The van der Waals surface area contributed by atoms with Crippen molar-refractivity contribution in [1.29, 1.82) is 0 Å². The van der Waals surface area contributed by atoms with Crippen molar-refractivity contribution >= 4 is 5.97 Å². The summed E-state index contributed by atoms with van der Waals surface area (Å²) in [6, 6.07) is 9.60. The van der Waals surface area contributed by atoms with Gasteiger partial charge in [0.2, 0.25) is 5.92 Å². The molecule has 0 spiro atoms. The number of alkyl halides is 2. The Bertz CT molecular complexity index is 744. The number of nitrogens with zero attached hydrogens (tertiary/aromatic N) is 1. The van der Waals surface area contributed by atoms with E-state index in [1.54, 1.807) is 30.3 Å². The second kappa shape index (κ2) is 8.47. The molecule has 4 nitrogen and oxygen atoms in total. The molecule has 2 heterocycles. The number of halogens is 3. The number of carbonyl (C=O) groups is 1. The van der Waals surface area contributed by atoms with Crippen LogP contribution in [0.1, 0.15) is 50.5 Å². The van der Waals surface area contributed by atoms with Crippen LogP contribution in [0.25, 0.3) is 0 Å². The Morgan fingerprint density at radius 3 is 2.30 bits per heavy atom. The Labute approximate surface area is 188 Å². The Morgan fingerprint density at radius 2 is 1.77 bits per heavy atom. The quantitative estimate of drug-likeness (QED) is 0.495. The molecule has 7 heteroatoms. The monoisotopic (exact) mass is 487 g/mol. The zero-order valence-electron chi connectivity index (χ0n) is 17.7. The zero-order valence-corrected chi connectivity index (χ0v) is 19.3. The predicted octanol–water partition coefficient (Wildman–Crippen LogP) is 0.874. The fourth-order valence-corrected chi connectivity index (χ4v) is 5.95. The number of fused-ring (bicyclic) bond motifs is 2. The van der Waals surface area contributed by atoms with Crippen LogP contribution in [-0.4, -0.2) is 54.3 Å². The van der Waals surface area contributed by atoms with Crippen molar-refractivity contribution < 1.29 is 44.9 Å². The van der Waals surface area contributed by atoms with Gasteiger partial charge in [-0.1, -0.05) is 30.3 Å². The summed E-state index contributed by atoms with van der Waals surface area (Å²) in [5, 5.41) is 11.4. The van der Waals surface area contributed by atoms with E-state index in [4.69, 9.17) is 4.74 Å². The molecule has 3 fully saturated rings. The van der Waals surface area contributed by atoms with Gasteiger partial charge in [-0.15, -0.1) is 0 Å². The average Bonchev–Trinajstić information content (AvgIpc) is 3.08. The van der Waals surface area contributed by atoms with E-state index in [0.29, 0.717) is 17.6 Å². The molecule has 1 aromatic rings. The van der Waals surface area contributed by atoms with Crippen molar-refractivity contribution in [2.45, 2.75) is 68.6 Å². The number of benzene rings is 1. The minimum atomic E-state index is -2.85. The maximum Gasteiger partial charge on any atom is 0.343 e. The number of carbonyl (C=O) groups excluding carboxylic acids is 1. The minimum absolute atomic E-state index is 0. The Morgan fingerprint density at radius 1 is 1.17 bits per heavy atom. The molecule has 1 saturated carbocycles. The van der Waals surface area contributed by atoms with E-state index in [-0.39, 0.29) is 42.3 Å². The molecule has 0 radical (unpaired) electrons. The average molecular weight is 488 g/mol. The summed E-state index contributed by atoms with van der Waals surface area (Å²) < 4.78 is 34.4. The maximum atomic E-state index is 13.9. The van der Waals surface area contributed by atoms with Gasteiger partial charge in [-0.25, -0.2) is 13.6 Å². The van der Waals surface area contributed by atoms with Gasteiger partial charge in [0.15, 0.2) is 5.60 Å². The topological polar surface area (TPSA) is 46.5 Å². The largest absolute Gasteiger partial charge is 1.00 e. The first kappa shape index (κ1) is 23.6. The molecule has 168 valence electrons. The molecule has 4 rings (SSSR count). The molecule has 1 aromatic carbocycles. The summed E-state index contributed by atoms with van der Waals surface area (Å²) in [6.07, 6.45) is 3.71. The first-order valence-electron chi connectivity index (χ1n) is 10.8. The lowest BCUT2D eigenvalue weighted by molar-refractivity contribution is -0.931. The van der Waals surface area contributed by atoms with Gasteiger partial charge in [-0.3, -0.25) is 0 Å². The predicted molar refractivity (Wildman–Crippen MR) is 105 cm³/mol. The highest BCUT2D eigenvalue weighted by atomic mass is 79.9. The number of quaternary nitrogens is 1. The van der Waals surface area contributed by atoms with Gasteiger partial charge in [0.05, 0.1) is 32.8 Å². The second-order valence-corrected chi connectivity index (χ2v) is 9.88. The molecule has 30 heavy (non-hydrogen) atoms. The summed E-state index contributed by atoms with van der Waals surface area (Å²) in [4.78, 5) is 13.1. The van der Waals surface area contributed by atoms with Crippen LogP contribution in [0.4, 0.5) is 8.78 Å². The van der Waals surface area contributed by atoms with Crippen LogP contribution in [0.3, 0.4) is 0 Å². The van der Waals surface area contributed by atoms with Crippen molar-refractivity contribution in [2.75, 3.05) is 20.7 Å². The molecule has 3 aliphatic rings. The number of hydrogen-bond donors (Lipinski definition) is 1. The van der Waals surface area contributed by atoms with Gasteiger partial charge in [0.1, 0.15) is 0 Å². The highest BCUT2D eigenvalue weighted by Gasteiger charge is 2.55. The third kappa shape index (κ3) is 4.17. The second-order valence-electron chi connectivity index (χ2n) is 9.88. The van der Waals surface area contributed by atoms with E-state index in [1.807, 2.05) is 0 Å². The first-order chi connectivity index (χ1) is 13.6. The molecule has 0 aromatic heterocycles. The molecule has 1 unspecified atom stereocenters. The number of hydrogen-bond acceptors (Lipinski definition) is 3. The van der Waals surface area contributed by atoms with Crippen molar-refractivity contribution in [3.05, 3.63) is 35.9 Å². The van der Waals surface area contributed by atoms with Crippen LogP contribution in [0.15, 0.2) is 30.3 Å². The first-order valence-corrected chi connectivity index (χ1v) is 10.8. The lowest BCUT2D eigenvalue weighted by Crippen LogP contribution is -3.00. The molecular weight excluding hydrogens is 456 g/mol. The van der Waals surface area contributed by atoms with Crippen LogP contribution >= 0.6 is 0 Å². The third-order valence-corrected chi connectivity index (χ3v) is 7.90. The Kier molecular flexibility index (Phi) is 6.67. The fourth-order valence-electron chi connectivity index (χ4n) is 5.95. The molecule has 1 aliphatic carbocycles. The highest BCUT2D eigenvalue weighted by Crippen LogP contribution is 2.48. The summed E-state index contributed by atoms with van der Waals surface area (Å²) in [6.45, 7) is 0.254. The number of piperidine rings is 1. The van der Waals surface area contributed by atoms with Crippen LogP contribution in [0.2, 0.25) is 0 Å². The van der Waals surface area contributed by atoms with E-state index >= 15 is 0 Å². The SMILES string of the molecule is C[N+]1(C)[C@@H]2CC[C@H]1CC(COC(=O)[C@](O)(c1ccccc1)[C@@H]1CCC(F)(F)C1)C2.[Br-]. The lowest BCUT2D eigenvalue weighted by Gasteiger charge is -2.44. The third-order valence-electron chi connectivity index (χ3n) is 7.90. The van der Waals surface area contributed by atoms with Crippen LogP contribution in [0.5, 0.6) is 0 Å². The Balaban J connectivity index is 0.00000256. The van der Waals surface area contributed by atoms with Crippen molar-refractivity contribution in [1.82, 2.24) is 0 Å². The van der Waals surface area contributed by atoms with E-state index in [2.05, 4.69) is 14.1 Å². The fraction of sp³-hybridized carbons (Fsp3) is 0.696. The van der Waals surface area contributed by atoms with E-state index < -0.39 is 29.8 Å². The van der Waals surface area contributed by atoms with Gasteiger partial charge >= 0.3 is 5.97 Å². The molecule has 0 amide bonds. The normalized spacial score (nSPS) is 33.4. The van der Waals surface area contributed by atoms with Gasteiger partial charge in [0.25, 0.3) is 0 Å². The molecule has 2 bridgehead atoms. The van der Waals surface area contributed by atoms with Gasteiger partial charge in [-0.2, -0.15) is 0 Å². The molecule has 2 aliphatic heterocycles. The van der Waals surface area contributed by atoms with E-state index in [0.717, 1.165) is 17.3 Å². The van der Waals surface area contributed by atoms with E-state index in [9.17, 15) is 18.7 Å². The van der Waals surface area contributed by atoms with E-state index in [1.165, 1.54) is 12.8 Å². The number of aliphatic hydroxyl groups is 1. The van der Waals surface area contributed by atoms with Gasteiger partial charge in [-0.05, 0) is 12.0 Å². The minimum Gasteiger partial charge on any atom is -1.00 e. The maximum absolute atomic E-state index is 13.9. The summed E-state index contributed by atoms with van der Waals surface area (Å²) in [5.41, 5.74) is -1.68. The number of ether oxygens (including phenoxy) is 1. The summed E-state index contributed by atoms with van der Waals surface area (Å²) in [7, 11) is 4.55. The zero-order chi connectivity index (χ0) is 20.9. The van der Waals surface area contributed by atoms with Crippen molar-refractivity contribution in [2.24, 2.45) is 11.8 Å². The Hall–Kier alpha value is -1.05. The van der Waals surface area contributed by atoms with Crippen LogP contribution < -0.4 is 17.0 Å². The molecular formula is C23H32BrF2NO3. The summed E-state index contributed by atoms with van der Waals surface area (Å²) in [5.74, 6) is -4.20. The highest BCUT2D eigenvalue weighted by molar-refractivity contribution is 5.81. The van der Waals surface area contributed by atoms with Gasteiger partial charge < -0.3 is 31.3 Å². The number of rotatable bonds is 5. The van der Waals surface area contributed by atoms with Crippen LogP contribution in [-0.2, 0) is 15.1 Å². The molecule has 5 atom stereocenters. The van der Waals surface area contributed by atoms with Gasteiger partial charge in [0, 0.05) is 50.4 Å². The lowest BCUT2D eigenvalue weighted by atomic mass is 9.80. The molecule has 2 saturated heterocycles. The number of esters is 1. The van der Waals surface area contributed by atoms with Crippen molar-refractivity contribution in [3.63, 3.8) is 0 Å². The van der Waals surface area contributed by atoms with Crippen molar-refractivity contribution in [3.8, 4) is 0 Å². The smallest absolute Gasteiger partial charge is 0.343 e. The summed E-state index contributed by atoms with van der Waals surface area (Å²) >= 11 is 0.